The number of urea groups is 1. The minimum Gasteiger partial charge on any atom is -0.504 e. The Kier molecular flexibility index (Phi) is 7.78. The molecule has 8 nitrogen and oxygen atoms in total. The number of ether oxygens (including phenoxy) is 2. The summed E-state index contributed by atoms with van der Waals surface area (Å²) in [6, 6.07) is 12.2. The summed E-state index contributed by atoms with van der Waals surface area (Å²) in [7, 11) is 1.41. The van der Waals surface area contributed by atoms with Crippen LogP contribution in [0.1, 0.15) is 24.2 Å². The zero-order valence-electron chi connectivity index (χ0n) is 16.0. The summed E-state index contributed by atoms with van der Waals surface area (Å²) in [6.45, 7) is 2.05. The van der Waals surface area contributed by atoms with E-state index in [1.807, 2.05) is 0 Å². The van der Waals surface area contributed by atoms with Crippen LogP contribution >= 0.6 is 0 Å². The van der Waals surface area contributed by atoms with Crippen LogP contribution in [0, 0.1) is 0 Å². The molecule has 0 aromatic heterocycles. The van der Waals surface area contributed by atoms with Gasteiger partial charge in [0, 0.05) is 18.2 Å². The molecule has 8 heteroatoms. The van der Waals surface area contributed by atoms with Gasteiger partial charge in [-0.2, -0.15) is 0 Å². The molecule has 0 saturated carbocycles. The molecule has 3 N–H and O–H groups in total. The van der Waals surface area contributed by atoms with Gasteiger partial charge in [-0.15, -0.1) is 0 Å². The number of imide groups is 1. The maximum Gasteiger partial charge on any atom is 0.331 e. The number of carbonyl (C=O) groups is 3. The van der Waals surface area contributed by atoms with Gasteiger partial charge in [0.1, 0.15) is 0 Å². The molecule has 2 rings (SSSR count). The smallest absolute Gasteiger partial charge is 0.331 e. The van der Waals surface area contributed by atoms with Crippen LogP contribution in [0.15, 0.2) is 54.6 Å². The van der Waals surface area contributed by atoms with E-state index < -0.39 is 24.0 Å². The van der Waals surface area contributed by atoms with Crippen molar-refractivity contribution >= 4 is 24.0 Å². The number of nitrogens with one attached hydrogen (secondary N) is 2. The van der Waals surface area contributed by atoms with E-state index in [-0.39, 0.29) is 11.5 Å². The minimum absolute atomic E-state index is 0.0293. The first-order chi connectivity index (χ1) is 13.9. The fourth-order valence-corrected chi connectivity index (χ4v) is 2.40. The van der Waals surface area contributed by atoms with Gasteiger partial charge in [-0.05, 0) is 30.7 Å². The number of methoxy groups -OCH3 is 1. The van der Waals surface area contributed by atoms with Gasteiger partial charge in [0.25, 0.3) is 5.91 Å². The Balaban J connectivity index is 2.14. The molecule has 0 fully saturated rings. The van der Waals surface area contributed by atoms with Crippen LogP contribution in [0.3, 0.4) is 0 Å². The zero-order valence-corrected chi connectivity index (χ0v) is 16.0. The number of hydrogen-bond acceptors (Lipinski definition) is 6. The lowest BCUT2D eigenvalue weighted by Crippen LogP contribution is -2.42. The molecule has 1 atom stereocenters. The second-order valence-electron chi connectivity index (χ2n) is 5.84. The summed E-state index contributed by atoms with van der Waals surface area (Å²) in [4.78, 5) is 36.4. The van der Waals surface area contributed by atoms with Crippen molar-refractivity contribution in [2.45, 2.75) is 13.0 Å². The molecule has 0 spiro atoms. The van der Waals surface area contributed by atoms with E-state index in [1.54, 1.807) is 43.3 Å². The number of phenolic OH excluding ortho intramolecular Hbond substituents is 1. The number of carbonyl (C=O) groups excluding carboxylic acids is 3. The van der Waals surface area contributed by atoms with Gasteiger partial charge in [0.05, 0.1) is 7.11 Å². The molecule has 0 aliphatic heterocycles. The summed E-state index contributed by atoms with van der Waals surface area (Å²) >= 11 is 0. The highest BCUT2D eigenvalue weighted by molar-refractivity contribution is 5.98. The second-order valence-corrected chi connectivity index (χ2v) is 5.84. The highest BCUT2D eigenvalue weighted by Crippen LogP contribution is 2.26. The SMILES string of the molecule is CCNC(=O)NC(=O)[C@@H](OC(=O)/C=C/c1ccc(O)c(OC)c1)c1ccccc1. The van der Waals surface area contributed by atoms with E-state index >= 15 is 0 Å². The average molecular weight is 398 g/mol. The van der Waals surface area contributed by atoms with Gasteiger partial charge in [-0.3, -0.25) is 10.1 Å². The molecule has 0 heterocycles. The van der Waals surface area contributed by atoms with Crippen LogP contribution in [0.5, 0.6) is 11.5 Å². The van der Waals surface area contributed by atoms with Crippen molar-refractivity contribution in [2.75, 3.05) is 13.7 Å². The summed E-state index contributed by atoms with van der Waals surface area (Å²) in [5.74, 6) is -1.32. The number of aromatic hydroxyl groups is 1. The number of hydrogen-bond donors (Lipinski definition) is 3. The normalized spacial score (nSPS) is 11.5. The van der Waals surface area contributed by atoms with E-state index in [9.17, 15) is 19.5 Å². The van der Waals surface area contributed by atoms with Gasteiger partial charge in [-0.1, -0.05) is 36.4 Å². The number of rotatable bonds is 7. The fraction of sp³-hybridized carbons (Fsp3) is 0.190. The van der Waals surface area contributed by atoms with Crippen molar-refractivity contribution < 1.29 is 29.0 Å². The molecular formula is C21H22N2O6. The van der Waals surface area contributed by atoms with Crippen LogP contribution in [0.4, 0.5) is 4.79 Å². The van der Waals surface area contributed by atoms with E-state index in [1.165, 1.54) is 25.3 Å². The fourth-order valence-electron chi connectivity index (χ4n) is 2.40. The lowest BCUT2D eigenvalue weighted by molar-refractivity contribution is -0.151. The molecule has 0 radical (unpaired) electrons. The first-order valence-electron chi connectivity index (χ1n) is 8.84. The molecule has 0 saturated heterocycles. The van der Waals surface area contributed by atoms with E-state index in [4.69, 9.17) is 9.47 Å². The predicted octanol–water partition coefficient (Wildman–Crippen LogP) is 2.54. The van der Waals surface area contributed by atoms with Crippen molar-refractivity contribution in [3.05, 3.63) is 65.7 Å². The molecule has 3 amide bonds. The monoisotopic (exact) mass is 398 g/mol. The Morgan fingerprint density at radius 3 is 2.52 bits per heavy atom. The van der Waals surface area contributed by atoms with Gasteiger partial charge in [0.2, 0.25) is 6.10 Å². The van der Waals surface area contributed by atoms with Crippen LogP contribution in [-0.4, -0.2) is 36.7 Å². The molecule has 0 aliphatic rings. The average Bonchev–Trinajstić information content (AvgIpc) is 2.72. The molecule has 152 valence electrons. The Morgan fingerprint density at radius 2 is 1.86 bits per heavy atom. The van der Waals surface area contributed by atoms with Crippen molar-refractivity contribution in [3.63, 3.8) is 0 Å². The van der Waals surface area contributed by atoms with Gasteiger partial charge < -0.3 is 19.9 Å². The molecule has 0 aliphatic carbocycles. The lowest BCUT2D eigenvalue weighted by atomic mass is 10.1. The maximum absolute atomic E-state index is 12.4. The van der Waals surface area contributed by atoms with Gasteiger partial charge in [0.15, 0.2) is 11.5 Å². The third-order valence-corrected chi connectivity index (χ3v) is 3.76. The summed E-state index contributed by atoms with van der Waals surface area (Å²) < 4.78 is 10.3. The third kappa shape index (κ3) is 6.39. The summed E-state index contributed by atoms with van der Waals surface area (Å²) in [6.07, 6.45) is 1.29. The van der Waals surface area contributed by atoms with Gasteiger partial charge in [-0.25, -0.2) is 9.59 Å². The summed E-state index contributed by atoms with van der Waals surface area (Å²) in [5, 5.41) is 14.2. The van der Waals surface area contributed by atoms with E-state index in [0.29, 0.717) is 17.7 Å². The molecule has 0 bridgehead atoms. The summed E-state index contributed by atoms with van der Waals surface area (Å²) in [5.41, 5.74) is 1.00. The number of esters is 1. The first-order valence-corrected chi connectivity index (χ1v) is 8.84. The van der Waals surface area contributed by atoms with E-state index in [2.05, 4.69) is 10.6 Å². The zero-order chi connectivity index (χ0) is 21.2. The minimum atomic E-state index is -1.30. The Bertz CT molecular complexity index is 895. The number of phenols is 1. The quantitative estimate of drug-likeness (QED) is 0.488. The predicted molar refractivity (Wildman–Crippen MR) is 106 cm³/mol. The topological polar surface area (TPSA) is 114 Å². The maximum atomic E-state index is 12.4. The largest absolute Gasteiger partial charge is 0.504 e. The Hall–Kier alpha value is -3.81. The lowest BCUT2D eigenvalue weighted by Gasteiger charge is -2.16. The van der Waals surface area contributed by atoms with E-state index in [0.717, 1.165) is 6.08 Å². The van der Waals surface area contributed by atoms with Crippen LogP contribution in [-0.2, 0) is 14.3 Å². The first kappa shape index (κ1) is 21.5. The van der Waals surface area contributed by atoms with Crippen molar-refractivity contribution in [3.8, 4) is 11.5 Å². The second kappa shape index (κ2) is 10.5. The Morgan fingerprint density at radius 1 is 1.14 bits per heavy atom. The van der Waals surface area contributed by atoms with Crippen LogP contribution < -0.4 is 15.4 Å². The van der Waals surface area contributed by atoms with Gasteiger partial charge >= 0.3 is 12.0 Å². The van der Waals surface area contributed by atoms with Crippen molar-refractivity contribution in [1.29, 1.82) is 0 Å². The molecule has 0 unspecified atom stereocenters. The number of benzene rings is 2. The highest BCUT2D eigenvalue weighted by Gasteiger charge is 2.25. The molecule has 2 aromatic carbocycles. The molecular weight excluding hydrogens is 376 g/mol. The third-order valence-electron chi connectivity index (χ3n) is 3.76. The highest BCUT2D eigenvalue weighted by atomic mass is 16.5. The number of amides is 3. The van der Waals surface area contributed by atoms with Crippen molar-refractivity contribution in [2.24, 2.45) is 0 Å². The Labute approximate surface area is 168 Å². The molecule has 29 heavy (non-hydrogen) atoms. The van der Waals surface area contributed by atoms with Crippen molar-refractivity contribution in [1.82, 2.24) is 10.6 Å². The molecule has 2 aromatic rings. The van der Waals surface area contributed by atoms with Crippen LogP contribution in [0.25, 0.3) is 6.08 Å². The standard InChI is InChI=1S/C21H22N2O6/c1-3-22-21(27)23-20(26)19(15-7-5-4-6-8-15)29-18(25)12-10-14-9-11-16(24)17(13-14)28-2/h4-13,19,24H,3H2,1-2H3,(H2,22,23,26,27)/b12-10+/t19-/m0/s1. The van der Waals surface area contributed by atoms with Crippen LogP contribution in [0.2, 0.25) is 0 Å².